The molecule has 0 aliphatic heterocycles. The summed E-state index contributed by atoms with van der Waals surface area (Å²) in [7, 11) is 3.61. The number of nitrogens with one attached hydrogen (secondary N) is 1. The van der Waals surface area contributed by atoms with E-state index in [0.717, 1.165) is 10.9 Å². The van der Waals surface area contributed by atoms with Crippen LogP contribution < -0.4 is 0 Å². The van der Waals surface area contributed by atoms with Gasteiger partial charge in [-0.05, 0) is 6.07 Å². The zero-order valence-electron chi connectivity index (χ0n) is 10.2. The fourth-order valence-corrected chi connectivity index (χ4v) is 2.18. The van der Waals surface area contributed by atoms with Gasteiger partial charge in [-0.1, -0.05) is 11.8 Å². The predicted octanol–water partition coefficient (Wildman–Crippen LogP) is 0.289. The highest BCUT2D eigenvalue weighted by molar-refractivity contribution is 7.99. The van der Waals surface area contributed by atoms with E-state index in [2.05, 4.69) is 20.4 Å². The van der Waals surface area contributed by atoms with Crippen molar-refractivity contribution in [3.63, 3.8) is 0 Å². The van der Waals surface area contributed by atoms with E-state index in [1.54, 1.807) is 29.0 Å². The lowest BCUT2D eigenvalue weighted by Gasteiger charge is -2.15. The van der Waals surface area contributed by atoms with Crippen molar-refractivity contribution in [2.45, 2.75) is 11.7 Å². The Morgan fingerprint density at radius 1 is 1.61 bits per heavy atom. The van der Waals surface area contributed by atoms with Crippen molar-refractivity contribution < 1.29 is 4.79 Å². The third kappa shape index (κ3) is 3.10. The smallest absolute Gasteiger partial charge is 0.233 e. The lowest BCUT2D eigenvalue weighted by atomic mass is 10.4. The van der Waals surface area contributed by atoms with Crippen molar-refractivity contribution in [2.24, 2.45) is 7.05 Å². The van der Waals surface area contributed by atoms with Gasteiger partial charge in [0.05, 0.1) is 18.0 Å². The van der Waals surface area contributed by atoms with Gasteiger partial charge in [-0.3, -0.25) is 9.89 Å². The van der Waals surface area contributed by atoms with E-state index >= 15 is 0 Å². The van der Waals surface area contributed by atoms with Crippen LogP contribution in [0.3, 0.4) is 0 Å². The molecule has 0 radical (unpaired) electrons. The van der Waals surface area contributed by atoms with Gasteiger partial charge < -0.3 is 9.47 Å². The maximum Gasteiger partial charge on any atom is 0.233 e. The van der Waals surface area contributed by atoms with Crippen molar-refractivity contribution in [3.8, 4) is 0 Å². The Hall–Kier alpha value is -1.83. The Morgan fingerprint density at radius 2 is 2.44 bits per heavy atom. The quantitative estimate of drug-likeness (QED) is 0.787. The number of hydrogen-bond donors (Lipinski definition) is 1. The second-order valence-electron chi connectivity index (χ2n) is 3.84. The van der Waals surface area contributed by atoms with E-state index in [0.29, 0.717) is 12.3 Å². The van der Waals surface area contributed by atoms with Crippen molar-refractivity contribution in [3.05, 3.63) is 24.3 Å². The number of hydrogen-bond acceptors (Lipinski definition) is 5. The highest BCUT2D eigenvalue weighted by Crippen LogP contribution is 2.14. The maximum atomic E-state index is 11.9. The third-order valence-electron chi connectivity index (χ3n) is 2.39. The normalized spacial score (nSPS) is 10.6. The van der Waals surface area contributed by atoms with E-state index in [1.807, 2.05) is 13.1 Å². The van der Waals surface area contributed by atoms with Crippen LogP contribution in [0.15, 0.2) is 23.7 Å². The Bertz CT molecular complexity index is 508. The molecule has 0 unspecified atom stereocenters. The topological polar surface area (TPSA) is 79.7 Å². The maximum absolute atomic E-state index is 11.9. The number of amides is 1. The van der Waals surface area contributed by atoms with Crippen molar-refractivity contribution in [2.75, 3.05) is 12.8 Å². The highest BCUT2D eigenvalue weighted by atomic mass is 32.2. The lowest BCUT2D eigenvalue weighted by molar-refractivity contribution is -0.127. The fraction of sp³-hybridized carbons (Fsp3) is 0.400. The number of aromatic amines is 1. The Kier molecular flexibility index (Phi) is 3.98. The summed E-state index contributed by atoms with van der Waals surface area (Å²) in [6.45, 7) is 0.526. The molecular formula is C10H14N6OS. The van der Waals surface area contributed by atoms with Gasteiger partial charge in [0.25, 0.3) is 0 Å². The number of aromatic nitrogens is 5. The zero-order chi connectivity index (χ0) is 13.0. The molecule has 1 amide bonds. The molecule has 0 aliphatic rings. The van der Waals surface area contributed by atoms with Gasteiger partial charge in [-0.2, -0.15) is 5.10 Å². The molecule has 0 saturated carbocycles. The monoisotopic (exact) mass is 266 g/mol. The molecule has 2 rings (SSSR count). The molecule has 1 N–H and O–H groups in total. The molecule has 0 saturated heterocycles. The van der Waals surface area contributed by atoms with Gasteiger partial charge in [-0.15, -0.1) is 10.2 Å². The summed E-state index contributed by atoms with van der Waals surface area (Å²) in [6.07, 6.45) is 3.28. The second-order valence-corrected chi connectivity index (χ2v) is 4.79. The average molecular weight is 266 g/mol. The molecule has 0 spiro atoms. The van der Waals surface area contributed by atoms with Crippen LogP contribution in [0.25, 0.3) is 0 Å². The van der Waals surface area contributed by atoms with Gasteiger partial charge in [0.2, 0.25) is 5.91 Å². The number of carbonyl (C=O) groups is 1. The number of carbonyl (C=O) groups excluding carboxylic acids is 1. The fourth-order valence-electron chi connectivity index (χ4n) is 1.36. The van der Waals surface area contributed by atoms with Gasteiger partial charge in [-0.25, -0.2) is 0 Å². The minimum Gasteiger partial charge on any atom is -0.339 e. The number of thioether (sulfide) groups is 1. The van der Waals surface area contributed by atoms with Crippen LogP contribution in [-0.2, 0) is 18.4 Å². The van der Waals surface area contributed by atoms with Crippen molar-refractivity contribution in [1.29, 1.82) is 0 Å². The molecule has 96 valence electrons. The largest absolute Gasteiger partial charge is 0.339 e. The van der Waals surface area contributed by atoms with Gasteiger partial charge in [0, 0.05) is 20.3 Å². The third-order valence-corrected chi connectivity index (χ3v) is 3.41. The van der Waals surface area contributed by atoms with Gasteiger partial charge >= 0.3 is 0 Å². The number of H-pyrrole nitrogens is 1. The summed E-state index contributed by atoms with van der Waals surface area (Å²) < 4.78 is 1.78. The van der Waals surface area contributed by atoms with E-state index in [-0.39, 0.29) is 5.91 Å². The van der Waals surface area contributed by atoms with Crippen LogP contribution in [0.1, 0.15) is 5.69 Å². The van der Waals surface area contributed by atoms with Crippen LogP contribution in [0.2, 0.25) is 0 Å². The number of aryl methyl sites for hydroxylation is 1. The summed E-state index contributed by atoms with van der Waals surface area (Å²) in [4.78, 5) is 13.5. The second kappa shape index (κ2) is 5.67. The first-order valence-electron chi connectivity index (χ1n) is 5.36. The predicted molar refractivity (Wildman–Crippen MR) is 66.8 cm³/mol. The minimum atomic E-state index is 0.0394. The molecule has 8 heteroatoms. The lowest BCUT2D eigenvalue weighted by Crippen LogP contribution is -2.28. The van der Waals surface area contributed by atoms with Crippen molar-refractivity contribution >= 4 is 17.7 Å². The summed E-state index contributed by atoms with van der Waals surface area (Å²) in [6, 6.07) is 1.85. The molecule has 0 aliphatic carbocycles. The van der Waals surface area contributed by atoms with E-state index < -0.39 is 0 Å². The molecule has 0 bridgehead atoms. The van der Waals surface area contributed by atoms with Crippen LogP contribution in [0, 0.1) is 0 Å². The van der Waals surface area contributed by atoms with Gasteiger partial charge in [0.15, 0.2) is 5.16 Å². The standard InChI is InChI=1S/C10H14N6OS/c1-15(5-8-3-4-11-13-8)9(17)6-18-10-14-12-7-16(10)2/h3-4,7H,5-6H2,1-2H3,(H,11,13). The zero-order valence-corrected chi connectivity index (χ0v) is 11.0. The SMILES string of the molecule is CN(Cc1ccn[nH]1)C(=O)CSc1nncn1C. The van der Waals surface area contributed by atoms with E-state index in [1.165, 1.54) is 11.8 Å². The van der Waals surface area contributed by atoms with Crippen LogP contribution >= 0.6 is 11.8 Å². The van der Waals surface area contributed by atoms with E-state index in [9.17, 15) is 4.79 Å². The molecule has 0 aromatic carbocycles. The Balaban J connectivity index is 1.82. The van der Waals surface area contributed by atoms with Crippen LogP contribution in [0.5, 0.6) is 0 Å². The van der Waals surface area contributed by atoms with Gasteiger partial charge in [0.1, 0.15) is 6.33 Å². The molecule has 2 aromatic heterocycles. The number of nitrogens with zero attached hydrogens (tertiary/aromatic N) is 5. The molecule has 7 nitrogen and oxygen atoms in total. The van der Waals surface area contributed by atoms with Crippen molar-refractivity contribution in [1.82, 2.24) is 29.9 Å². The molecular weight excluding hydrogens is 252 g/mol. The minimum absolute atomic E-state index is 0.0394. The van der Waals surface area contributed by atoms with Crippen LogP contribution in [-0.4, -0.2) is 48.6 Å². The molecule has 0 atom stereocenters. The molecule has 2 heterocycles. The molecule has 2 aromatic rings. The Morgan fingerprint density at radius 3 is 3.06 bits per heavy atom. The summed E-state index contributed by atoms with van der Waals surface area (Å²) in [5, 5.41) is 15.1. The first-order valence-corrected chi connectivity index (χ1v) is 6.34. The number of rotatable bonds is 5. The molecule has 0 fully saturated rings. The summed E-state index contributed by atoms with van der Waals surface area (Å²) in [5.74, 6) is 0.384. The van der Waals surface area contributed by atoms with E-state index in [4.69, 9.17) is 0 Å². The van der Waals surface area contributed by atoms with Crippen LogP contribution in [0.4, 0.5) is 0 Å². The highest BCUT2D eigenvalue weighted by Gasteiger charge is 2.12. The first kappa shape index (κ1) is 12.6. The first-order chi connectivity index (χ1) is 8.66. The Labute approximate surface area is 109 Å². The summed E-state index contributed by atoms with van der Waals surface area (Å²) in [5.41, 5.74) is 0.912. The average Bonchev–Trinajstić information content (AvgIpc) is 2.98. The molecule has 18 heavy (non-hydrogen) atoms. The summed E-state index contributed by atoms with van der Waals surface area (Å²) >= 11 is 1.38.